The number of benzene rings is 2. The number of anilines is 3. The zero-order chi connectivity index (χ0) is 33.1. The second-order valence-corrected chi connectivity index (χ2v) is 11.5. The summed E-state index contributed by atoms with van der Waals surface area (Å²) in [5, 5.41) is 30.7. The first-order valence-electron chi connectivity index (χ1n) is 14.9. The quantitative estimate of drug-likeness (QED) is 0.234. The number of nitrogens with one attached hydrogen (secondary N) is 4. The molecule has 0 saturated carbocycles. The van der Waals surface area contributed by atoms with Crippen molar-refractivity contribution in [2.24, 2.45) is 0 Å². The predicted octanol–water partition coefficient (Wildman–Crippen LogP) is 3.97. The van der Waals surface area contributed by atoms with Gasteiger partial charge in [0, 0.05) is 18.3 Å². The minimum Gasteiger partial charge on any atom is -0.494 e. The van der Waals surface area contributed by atoms with Gasteiger partial charge in [-0.3, -0.25) is 4.79 Å². The highest BCUT2D eigenvalue weighted by Crippen LogP contribution is 2.27. The van der Waals surface area contributed by atoms with Crippen molar-refractivity contribution in [3.8, 4) is 17.5 Å². The van der Waals surface area contributed by atoms with Crippen molar-refractivity contribution in [2.45, 2.75) is 64.6 Å². The topological polar surface area (TPSA) is 206 Å². The van der Waals surface area contributed by atoms with E-state index in [1.54, 1.807) is 32.9 Å². The fourth-order valence-electron chi connectivity index (χ4n) is 4.29. The maximum absolute atomic E-state index is 13.3. The number of nitrogens with zero attached hydrogens (tertiary/aromatic N) is 3. The second kappa shape index (κ2) is 15.6. The van der Waals surface area contributed by atoms with E-state index in [1.165, 1.54) is 6.07 Å². The molecule has 0 saturated heterocycles. The van der Waals surface area contributed by atoms with Gasteiger partial charge in [0.15, 0.2) is 0 Å². The number of aliphatic carboxylic acids is 1. The van der Waals surface area contributed by atoms with E-state index in [9.17, 15) is 24.6 Å². The van der Waals surface area contributed by atoms with Gasteiger partial charge in [0.25, 0.3) is 5.91 Å². The van der Waals surface area contributed by atoms with E-state index < -0.39 is 42.2 Å². The van der Waals surface area contributed by atoms with Crippen molar-refractivity contribution in [2.75, 3.05) is 30.4 Å². The summed E-state index contributed by atoms with van der Waals surface area (Å²) in [7, 11) is 0. The number of rotatable bonds is 5. The van der Waals surface area contributed by atoms with E-state index in [-0.39, 0.29) is 29.8 Å². The van der Waals surface area contributed by atoms with Crippen LogP contribution in [-0.4, -0.2) is 74.5 Å². The minimum absolute atomic E-state index is 0.0342. The van der Waals surface area contributed by atoms with Crippen LogP contribution in [0, 0.1) is 0 Å². The Kier molecular flexibility index (Phi) is 11.4. The molecule has 3 aromatic rings. The lowest BCUT2D eigenvalue weighted by Gasteiger charge is -2.21. The number of alkyl carbamates (subject to hydrolysis) is 1. The lowest BCUT2D eigenvalue weighted by molar-refractivity contribution is -0.139. The first-order chi connectivity index (χ1) is 21.9. The number of carboxylic acids is 1. The monoisotopic (exact) mass is 637 g/mol. The molecule has 0 spiro atoms. The Morgan fingerprint density at radius 3 is 2.35 bits per heavy atom. The second-order valence-electron chi connectivity index (χ2n) is 11.5. The summed E-state index contributed by atoms with van der Waals surface area (Å²) in [6.07, 6.45) is 2.51. The molecular formula is C31H39N7O8. The number of carbonyl (C=O) groups is 3. The summed E-state index contributed by atoms with van der Waals surface area (Å²) in [5.74, 6) is -0.962. The van der Waals surface area contributed by atoms with Crippen LogP contribution in [0.3, 0.4) is 0 Å². The molecule has 0 unspecified atom stereocenters. The molecule has 1 aromatic heterocycles. The molecule has 0 aliphatic carbocycles. The van der Waals surface area contributed by atoms with Crippen LogP contribution in [0.2, 0.25) is 0 Å². The maximum atomic E-state index is 13.3. The number of amides is 2. The van der Waals surface area contributed by atoms with Gasteiger partial charge >= 0.3 is 18.1 Å². The standard InChI is InChI=1S/C31H39N7O8/c1-31(2,3)46-30(43)33-18-23(26(40)41)35-25(39)22-13-10-20-16-24(22)45-15-7-5-4-6-14-44-21-11-8-19(9-12-21)17-32-27-36-28(34-20)38-29(42)37-27/h8-13,16,23H,4-7,14-15,17-18H2,1-3H3,(H,33,43)(H,35,39)(H,40,41)(H3,32,34,36,37,38,42)/t23-/m0/s1. The van der Waals surface area contributed by atoms with Crippen LogP contribution in [0.5, 0.6) is 17.5 Å². The summed E-state index contributed by atoms with van der Waals surface area (Å²) < 4.78 is 17.0. The van der Waals surface area contributed by atoms with Crippen LogP contribution < -0.4 is 30.7 Å². The zero-order valence-electron chi connectivity index (χ0n) is 26.0. The van der Waals surface area contributed by atoms with Crippen LogP contribution in [0.4, 0.5) is 22.4 Å². The first kappa shape index (κ1) is 33.6. The van der Waals surface area contributed by atoms with Gasteiger partial charge in [-0.2, -0.15) is 15.0 Å². The third-order valence-corrected chi connectivity index (χ3v) is 6.50. The summed E-state index contributed by atoms with van der Waals surface area (Å²) >= 11 is 0. The van der Waals surface area contributed by atoms with Crippen molar-refractivity contribution < 1.29 is 38.8 Å². The smallest absolute Gasteiger partial charge is 0.407 e. The number of hydrogen-bond acceptors (Lipinski definition) is 12. The number of fused-ring (bicyclic) bond motifs is 10. The van der Waals surface area contributed by atoms with Crippen LogP contribution in [-0.2, 0) is 16.1 Å². The average Bonchev–Trinajstić information content (AvgIpc) is 2.98. The third kappa shape index (κ3) is 10.7. The summed E-state index contributed by atoms with van der Waals surface area (Å²) in [6.45, 7) is 5.86. The Balaban J connectivity index is 1.53. The Bertz CT molecular complexity index is 1510. The van der Waals surface area contributed by atoms with Gasteiger partial charge in [0.05, 0.1) is 25.3 Å². The molecule has 246 valence electrons. The van der Waals surface area contributed by atoms with E-state index in [4.69, 9.17) is 14.2 Å². The maximum Gasteiger partial charge on any atom is 0.407 e. The van der Waals surface area contributed by atoms with Crippen LogP contribution >= 0.6 is 0 Å². The summed E-state index contributed by atoms with van der Waals surface area (Å²) in [5.41, 5.74) is 0.684. The normalized spacial score (nSPS) is 14.5. The SMILES string of the molecule is CC(C)(C)OC(=O)NC[C@H](NC(=O)c1ccc2cc1OCCCCCCOc1ccc(cc1)CNc1nc(O)nc(n1)N2)C(=O)O. The van der Waals surface area contributed by atoms with Gasteiger partial charge in [-0.05, 0) is 76.3 Å². The molecule has 46 heavy (non-hydrogen) atoms. The summed E-state index contributed by atoms with van der Waals surface area (Å²) in [6, 6.07) is 10.3. The molecule has 15 nitrogen and oxygen atoms in total. The molecule has 2 aliphatic heterocycles. The molecule has 5 rings (SSSR count). The van der Waals surface area contributed by atoms with E-state index in [1.807, 2.05) is 24.3 Å². The largest absolute Gasteiger partial charge is 0.494 e. The molecule has 0 fully saturated rings. The fraction of sp³-hybridized carbons (Fsp3) is 0.419. The lowest BCUT2D eigenvalue weighted by Crippen LogP contribution is -2.49. The van der Waals surface area contributed by atoms with Gasteiger partial charge in [0.2, 0.25) is 11.9 Å². The Labute approximate surface area is 266 Å². The van der Waals surface area contributed by atoms with Gasteiger partial charge in [-0.1, -0.05) is 12.1 Å². The highest BCUT2D eigenvalue weighted by molar-refractivity contribution is 5.99. The average molecular weight is 638 g/mol. The van der Waals surface area contributed by atoms with Crippen LogP contribution in [0.1, 0.15) is 62.4 Å². The molecule has 2 aliphatic rings. The van der Waals surface area contributed by atoms with Crippen molar-refractivity contribution in [1.82, 2.24) is 25.6 Å². The molecule has 3 heterocycles. The van der Waals surface area contributed by atoms with Gasteiger partial charge in [-0.15, -0.1) is 0 Å². The molecule has 2 amide bonds. The van der Waals surface area contributed by atoms with Gasteiger partial charge in [-0.25, -0.2) is 9.59 Å². The number of carbonyl (C=O) groups excluding carboxylic acids is 2. The number of aromatic nitrogens is 3. The summed E-state index contributed by atoms with van der Waals surface area (Å²) in [4.78, 5) is 49.4. The fourth-order valence-corrected chi connectivity index (χ4v) is 4.29. The zero-order valence-corrected chi connectivity index (χ0v) is 26.0. The molecule has 6 bridgehead atoms. The Hall–Kier alpha value is -5.34. The lowest BCUT2D eigenvalue weighted by atomic mass is 10.1. The molecule has 2 aromatic carbocycles. The predicted molar refractivity (Wildman–Crippen MR) is 168 cm³/mol. The molecule has 0 radical (unpaired) electrons. The Morgan fingerprint density at radius 1 is 0.957 bits per heavy atom. The molecular weight excluding hydrogens is 598 g/mol. The molecule has 1 atom stereocenters. The first-order valence-corrected chi connectivity index (χ1v) is 14.9. The number of carboxylic acid groups (broad SMARTS) is 1. The van der Waals surface area contributed by atoms with E-state index >= 15 is 0 Å². The highest BCUT2D eigenvalue weighted by Gasteiger charge is 2.25. The number of aromatic hydroxyl groups is 1. The van der Waals surface area contributed by atoms with Crippen molar-refractivity contribution in [3.05, 3.63) is 53.6 Å². The highest BCUT2D eigenvalue weighted by atomic mass is 16.6. The van der Waals surface area contributed by atoms with E-state index in [2.05, 4.69) is 36.2 Å². The number of ether oxygens (including phenoxy) is 3. The van der Waals surface area contributed by atoms with Gasteiger partial charge < -0.3 is 45.7 Å². The van der Waals surface area contributed by atoms with Crippen molar-refractivity contribution >= 4 is 35.6 Å². The van der Waals surface area contributed by atoms with Crippen LogP contribution in [0.15, 0.2) is 42.5 Å². The number of hydrogen-bond donors (Lipinski definition) is 6. The third-order valence-electron chi connectivity index (χ3n) is 6.50. The van der Waals surface area contributed by atoms with Crippen molar-refractivity contribution in [3.63, 3.8) is 0 Å². The Morgan fingerprint density at radius 2 is 1.65 bits per heavy atom. The van der Waals surface area contributed by atoms with Crippen molar-refractivity contribution in [1.29, 1.82) is 0 Å². The van der Waals surface area contributed by atoms with E-state index in [0.717, 1.165) is 30.6 Å². The minimum atomic E-state index is -1.44. The van der Waals surface area contributed by atoms with Crippen LogP contribution in [0.25, 0.3) is 0 Å². The van der Waals surface area contributed by atoms with E-state index in [0.29, 0.717) is 25.3 Å². The molecule has 6 N–H and O–H groups in total. The molecule has 15 heteroatoms. The van der Waals surface area contributed by atoms with Gasteiger partial charge in [0.1, 0.15) is 23.1 Å².